The number of hydrogen-bond acceptors (Lipinski definition) is 5. The second kappa shape index (κ2) is 7.72. The number of amides is 1. The van der Waals surface area contributed by atoms with Crippen LogP contribution in [0, 0.1) is 5.92 Å². The molecule has 1 saturated carbocycles. The molecule has 1 aromatic carbocycles. The summed E-state index contributed by atoms with van der Waals surface area (Å²) in [5.74, 6) is 0.201. The third-order valence-corrected chi connectivity index (χ3v) is 6.58. The summed E-state index contributed by atoms with van der Waals surface area (Å²) in [5, 5.41) is 2.55. The quantitative estimate of drug-likeness (QED) is 0.701. The molecule has 5 nitrogen and oxygen atoms in total. The van der Waals surface area contributed by atoms with Gasteiger partial charge in [0.25, 0.3) is 0 Å². The Morgan fingerprint density at radius 1 is 1.31 bits per heavy atom. The van der Waals surface area contributed by atoms with E-state index in [0.717, 1.165) is 36.9 Å². The van der Waals surface area contributed by atoms with Crippen LogP contribution in [0.25, 0.3) is 11.3 Å². The second-order valence-electron chi connectivity index (χ2n) is 6.53. The number of carbonyl (C=O) groups excluding carboxylic acids is 1. The van der Waals surface area contributed by atoms with Gasteiger partial charge < -0.3 is 0 Å². The van der Waals surface area contributed by atoms with E-state index in [4.69, 9.17) is 0 Å². The van der Waals surface area contributed by atoms with Crippen molar-refractivity contribution in [1.29, 1.82) is 0 Å². The number of carbonyl (C=O) groups is 1. The van der Waals surface area contributed by atoms with E-state index in [1.807, 2.05) is 5.38 Å². The molecule has 1 fully saturated rings. The first kappa shape index (κ1) is 18.8. The zero-order valence-electron chi connectivity index (χ0n) is 14.7. The lowest BCUT2D eigenvalue weighted by Gasteiger charge is -2.21. The summed E-state index contributed by atoms with van der Waals surface area (Å²) in [4.78, 5) is 19.4. The molecule has 0 unspecified atom stereocenters. The van der Waals surface area contributed by atoms with Crippen molar-refractivity contribution in [1.82, 2.24) is 4.98 Å². The number of thiazole rings is 1. The van der Waals surface area contributed by atoms with Gasteiger partial charge in [-0.25, -0.2) is 13.4 Å². The van der Waals surface area contributed by atoms with Crippen molar-refractivity contribution >= 4 is 32.2 Å². The van der Waals surface area contributed by atoms with Crippen LogP contribution in [0.2, 0.25) is 0 Å². The standard InChI is InChI=1S/C19H22N2O3S2/c1-3-12-21(18(22)15-6-4-5-7-15)19-20-17(13-25-19)14-8-10-16(11-9-14)26(2,23)24/h3,8-11,13,15H,1,4-7,12H2,2H3. The van der Waals surface area contributed by atoms with Crippen LogP contribution in [0.1, 0.15) is 25.7 Å². The summed E-state index contributed by atoms with van der Waals surface area (Å²) >= 11 is 1.42. The average Bonchev–Trinajstić information content (AvgIpc) is 3.30. The van der Waals surface area contributed by atoms with Crippen LogP contribution in [-0.4, -0.2) is 32.1 Å². The van der Waals surface area contributed by atoms with E-state index < -0.39 is 9.84 Å². The molecule has 2 aromatic rings. The van der Waals surface area contributed by atoms with Crippen molar-refractivity contribution in [3.05, 3.63) is 42.3 Å². The molecule has 1 aliphatic carbocycles. The summed E-state index contributed by atoms with van der Waals surface area (Å²) in [7, 11) is -3.22. The summed E-state index contributed by atoms with van der Waals surface area (Å²) in [5.41, 5.74) is 1.56. The zero-order chi connectivity index (χ0) is 18.7. The molecule has 1 aromatic heterocycles. The zero-order valence-corrected chi connectivity index (χ0v) is 16.4. The Hall–Kier alpha value is -1.99. The molecule has 1 aliphatic rings. The summed E-state index contributed by atoms with van der Waals surface area (Å²) in [6, 6.07) is 6.64. The lowest BCUT2D eigenvalue weighted by molar-refractivity contribution is -0.122. The van der Waals surface area contributed by atoms with Crippen LogP contribution < -0.4 is 4.90 Å². The highest BCUT2D eigenvalue weighted by molar-refractivity contribution is 7.90. The molecular weight excluding hydrogens is 368 g/mol. The highest BCUT2D eigenvalue weighted by Gasteiger charge is 2.29. The summed E-state index contributed by atoms with van der Waals surface area (Å²) < 4.78 is 23.2. The van der Waals surface area contributed by atoms with Crippen LogP contribution >= 0.6 is 11.3 Å². The highest BCUT2D eigenvalue weighted by Crippen LogP contribution is 2.32. The minimum absolute atomic E-state index is 0.0799. The molecule has 0 radical (unpaired) electrons. The molecule has 138 valence electrons. The minimum atomic E-state index is -3.22. The number of nitrogens with zero attached hydrogens (tertiary/aromatic N) is 2. The van der Waals surface area contributed by atoms with Gasteiger partial charge in [0, 0.05) is 29.7 Å². The fourth-order valence-corrected chi connectivity index (χ4v) is 4.66. The molecular formula is C19H22N2O3S2. The van der Waals surface area contributed by atoms with E-state index in [2.05, 4.69) is 11.6 Å². The van der Waals surface area contributed by atoms with E-state index in [1.54, 1.807) is 35.2 Å². The first-order valence-corrected chi connectivity index (χ1v) is 11.4. The van der Waals surface area contributed by atoms with Crippen molar-refractivity contribution in [3.63, 3.8) is 0 Å². The fraction of sp³-hybridized carbons (Fsp3) is 0.368. The number of sulfone groups is 1. The van der Waals surface area contributed by atoms with E-state index >= 15 is 0 Å². The van der Waals surface area contributed by atoms with Gasteiger partial charge in [0.05, 0.1) is 10.6 Å². The van der Waals surface area contributed by atoms with Gasteiger partial charge in [0.2, 0.25) is 5.91 Å². The third-order valence-electron chi connectivity index (χ3n) is 4.58. The lowest BCUT2D eigenvalue weighted by atomic mass is 10.1. The van der Waals surface area contributed by atoms with Gasteiger partial charge in [-0.15, -0.1) is 17.9 Å². The van der Waals surface area contributed by atoms with Crippen LogP contribution in [0.15, 0.2) is 47.2 Å². The maximum absolute atomic E-state index is 12.8. The maximum atomic E-state index is 12.8. The number of anilines is 1. The van der Waals surface area contributed by atoms with Gasteiger partial charge in [-0.05, 0) is 25.0 Å². The third kappa shape index (κ3) is 4.04. The molecule has 0 saturated heterocycles. The number of aromatic nitrogens is 1. The smallest absolute Gasteiger partial charge is 0.232 e. The summed E-state index contributed by atoms with van der Waals surface area (Å²) in [6.07, 6.45) is 7.00. The van der Waals surface area contributed by atoms with Gasteiger partial charge >= 0.3 is 0 Å². The van der Waals surface area contributed by atoms with Crippen molar-refractivity contribution in [2.45, 2.75) is 30.6 Å². The van der Waals surface area contributed by atoms with E-state index in [9.17, 15) is 13.2 Å². The van der Waals surface area contributed by atoms with E-state index in [-0.39, 0.29) is 16.7 Å². The normalized spacial score (nSPS) is 15.1. The Morgan fingerprint density at radius 3 is 2.54 bits per heavy atom. The van der Waals surface area contributed by atoms with Crippen molar-refractivity contribution < 1.29 is 13.2 Å². The average molecular weight is 391 g/mol. The first-order chi connectivity index (χ1) is 12.4. The maximum Gasteiger partial charge on any atom is 0.232 e. The fourth-order valence-electron chi connectivity index (χ4n) is 3.18. The van der Waals surface area contributed by atoms with Crippen molar-refractivity contribution in [3.8, 4) is 11.3 Å². The Labute approximate surface area is 158 Å². The molecule has 0 bridgehead atoms. The molecule has 0 atom stereocenters. The van der Waals surface area contributed by atoms with Gasteiger partial charge in [0.15, 0.2) is 15.0 Å². The number of benzene rings is 1. The topological polar surface area (TPSA) is 67.3 Å². The van der Waals surface area contributed by atoms with Crippen molar-refractivity contribution in [2.75, 3.05) is 17.7 Å². The minimum Gasteiger partial charge on any atom is -0.284 e. The molecule has 0 aliphatic heterocycles. The molecule has 0 N–H and O–H groups in total. The predicted molar refractivity (Wildman–Crippen MR) is 105 cm³/mol. The molecule has 1 amide bonds. The number of hydrogen-bond donors (Lipinski definition) is 0. The predicted octanol–water partition coefficient (Wildman–Crippen LogP) is 3.92. The largest absolute Gasteiger partial charge is 0.284 e. The van der Waals surface area contributed by atoms with Gasteiger partial charge in [-0.2, -0.15) is 0 Å². The van der Waals surface area contributed by atoms with E-state index in [1.165, 1.54) is 17.6 Å². The van der Waals surface area contributed by atoms with Gasteiger partial charge in [-0.1, -0.05) is 31.1 Å². The summed E-state index contributed by atoms with van der Waals surface area (Å²) in [6.45, 7) is 4.20. The Balaban J connectivity index is 1.84. The molecule has 0 spiro atoms. The second-order valence-corrected chi connectivity index (χ2v) is 9.38. The van der Waals surface area contributed by atoms with Gasteiger partial charge in [-0.3, -0.25) is 9.69 Å². The Bertz CT molecular complexity index is 895. The van der Waals surface area contributed by atoms with Crippen LogP contribution in [0.4, 0.5) is 5.13 Å². The van der Waals surface area contributed by atoms with Gasteiger partial charge in [0.1, 0.15) is 0 Å². The lowest BCUT2D eigenvalue weighted by Crippen LogP contribution is -2.35. The monoisotopic (exact) mass is 390 g/mol. The van der Waals surface area contributed by atoms with Crippen LogP contribution in [0.5, 0.6) is 0 Å². The molecule has 1 heterocycles. The van der Waals surface area contributed by atoms with Crippen molar-refractivity contribution in [2.24, 2.45) is 5.92 Å². The first-order valence-electron chi connectivity index (χ1n) is 8.58. The Kier molecular flexibility index (Phi) is 5.58. The molecule has 3 rings (SSSR count). The highest BCUT2D eigenvalue weighted by atomic mass is 32.2. The van der Waals surface area contributed by atoms with E-state index in [0.29, 0.717) is 11.7 Å². The molecule has 26 heavy (non-hydrogen) atoms. The van der Waals surface area contributed by atoms with Crippen LogP contribution in [0.3, 0.4) is 0 Å². The molecule has 7 heteroatoms. The Morgan fingerprint density at radius 2 is 1.96 bits per heavy atom. The number of rotatable bonds is 6. The SMILES string of the molecule is C=CCN(C(=O)C1CCCC1)c1nc(-c2ccc(S(C)(=O)=O)cc2)cs1. The van der Waals surface area contributed by atoms with Crippen LogP contribution in [-0.2, 0) is 14.6 Å².